The Kier molecular flexibility index (Phi) is 4.71. The van der Waals surface area contributed by atoms with Crippen molar-refractivity contribution in [3.63, 3.8) is 0 Å². The number of anilines is 1. The molecular weight excluding hydrogens is 340 g/mol. The van der Waals surface area contributed by atoms with Gasteiger partial charge < -0.3 is 4.90 Å². The molecule has 1 saturated carbocycles. The number of nitrogens with zero attached hydrogens (tertiary/aromatic N) is 4. The first-order valence-electron chi connectivity index (χ1n) is 9.26. The molecule has 0 radical (unpaired) electrons. The number of hydrazone groups is 1. The number of pyridine rings is 1. The van der Waals surface area contributed by atoms with Crippen molar-refractivity contribution in [1.82, 2.24) is 9.88 Å². The molecule has 1 fully saturated rings. The Morgan fingerprint density at radius 1 is 1.11 bits per heavy atom. The molecule has 1 aromatic carbocycles. The van der Waals surface area contributed by atoms with Crippen LogP contribution in [0.1, 0.15) is 31.9 Å². The molecule has 1 aliphatic carbocycles. The Balaban J connectivity index is 1.59. The predicted molar refractivity (Wildman–Crippen MR) is 103 cm³/mol. The summed E-state index contributed by atoms with van der Waals surface area (Å²) in [5.74, 6) is -0.0825. The molecule has 1 aliphatic heterocycles. The first kappa shape index (κ1) is 17.4. The van der Waals surface area contributed by atoms with Gasteiger partial charge in [0, 0.05) is 18.7 Å². The van der Waals surface area contributed by atoms with Crippen LogP contribution in [0.15, 0.2) is 59.8 Å². The second kappa shape index (κ2) is 7.31. The summed E-state index contributed by atoms with van der Waals surface area (Å²) in [7, 11) is 0. The van der Waals surface area contributed by atoms with E-state index >= 15 is 0 Å². The smallest absolute Gasteiger partial charge is 0.270 e. The summed E-state index contributed by atoms with van der Waals surface area (Å²) in [4.78, 5) is 31.6. The van der Waals surface area contributed by atoms with Gasteiger partial charge in [-0.15, -0.1) is 0 Å². The first-order chi connectivity index (χ1) is 13.1. The molecule has 2 heterocycles. The maximum absolute atomic E-state index is 13.2. The summed E-state index contributed by atoms with van der Waals surface area (Å²) in [5.41, 5.74) is 2.13. The maximum Gasteiger partial charge on any atom is 0.270 e. The number of hydrogen-bond acceptors (Lipinski definition) is 5. The molecule has 1 unspecified atom stereocenters. The Morgan fingerprint density at radius 2 is 1.85 bits per heavy atom. The number of aromatic nitrogens is 1. The molecule has 2 aromatic rings. The van der Waals surface area contributed by atoms with Crippen molar-refractivity contribution >= 4 is 23.1 Å². The highest BCUT2D eigenvalue weighted by atomic mass is 16.2. The van der Waals surface area contributed by atoms with Gasteiger partial charge in [0.15, 0.2) is 5.78 Å². The van der Waals surface area contributed by atoms with Gasteiger partial charge in [-0.3, -0.25) is 19.6 Å². The minimum atomic E-state index is -0.428. The summed E-state index contributed by atoms with van der Waals surface area (Å²) in [6, 6.07) is 15.0. The molecule has 138 valence electrons. The number of carbonyl (C=O) groups is 2. The van der Waals surface area contributed by atoms with Crippen molar-refractivity contribution < 1.29 is 9.59 Å². The fourth-order valence-corrected chi connectivity index (χ4v) is 3.36. The lowest BCUT2D eigenvalue weighted by Crippen LogP contribution is -2.38. The highest BCUT2D eigenvalue weighted by Gasteiger charge is 2.40. The van der Waals surface area contributed by atoms with Gasteiger partial charge in [-0.1, -0.05) is 24.3 Å². The number of hydrogen-bond donors (Lipinski definition) is 0. The summed E-state index contributed by atoms with van der Waals surface area (Å²) < 4.78 is 0. The standard InChI is InChI=1S/C21H22N4O2/c1-15(26)20-13-19(23-25(20)18-8-3-2-4-9-18)21(27)24(17-10-11-17)14-16-7-5-6-12-22-16/h2-9,12,17,20H,10-11,13-14H2,1H3. The van der Waals surface area contributed by atoms with E-state index < -0.39 is 6.04 Å². The van der Waals surface area contributed by atoms with Crippen LogP contribution < -0.4 is 5.01 Å². The van der Waals surface area contributed by atoms with Crippen LogP contribution in [0.25, 0.3) is 0 Å². The molecule has 0 saturated heterocycles. The predicted octanol–water partition coefficient (Wildman–Crippen LogP) is 2.80. The fourth-order valence-electron chi connectivity index (χ4n) is 3.36. The van der Waals surface area contributed by atoms with E-state index in [0.717, 1.165) is 24.2 Å². The lowest BCUT2D eigenvalue weighted by molar-refractivity contribution is -0.125. The van der Waals surface area contributed by atoms with Gasteiger partial charge in [-0.2, -0.15) is 5.10 Å². The van der Waals surface area contributed by atoms with Gasteiger partial charge in [0.05, 0.1) is 17.9 Å². The molecule has 27 heavy (non-hydrogen) atoms. The molecule has 0 spiro atoms. The highest BCUT2D eigenvalue weighted by molar-refractivity contribution is 6.40. The van der Waals surface area contributed by atoms with E-state index in [4.69, 9.17) is 0 Å². The van der Waals surface area contributed by atoms with Gasteiger partial charge >= 0.3 is 0 Å². The van der Waals surface area contributed by atoms with E-state index in [1.54, 1.807) is 18.1 Å². The number of carbonyl (C=O) groups excluding carboxylic acids is 2. The minimum Gasteiger partial charge on any atom is -0.329 e. The zero-order valence-corrected chi connectivity index (χ0v) is 15.3. The molecule has 6 heteroatoms. The molecule has 2 aliphatic rings. The zero-order valence-electron chi connectivity index (χ0n) is 15.3. The van der Waals surface area contributed by atoms with E-state index in [2.05, 4.69) is 10.1 Å². The summed E-state index contributed by atoms with van der Waals surface area (Å²) in [5, 5.41) is 6.23. The van der Waals surface area contributed by atoms with Crippen molar-refractivity contribution in [2.45, 2.75) is 44.8 Å². The largest absolute Gasteiger partial charge is 0.329 e. The van der Waals surface area contributed by atoms with Crippen LogP contribution in [-0.4, -0.2) is 39.4 Å². The van der Waals surface area contributed by atoms with Crippen LogP contribution >= 0.6 is 0 Å². The molecule has 0 N–H and O–H groups in total. The monoisotopic (exact) mass is 362 g/mol. The van der Waals surface area contributed by atoms with Crippen molar-refractivity contribution in [2.24, 2.45) is 5.10 Å². The topological polar surface area (TPSA) is 65.9 Å². The first-order valence-corrected chi connectivity index (χ1v) is 9.26. The van der Waals surface area contributed by atoms with Gasteiger partial charge in [-0.25, -0.2) is 0 Å². The molecular formula is C21H22N4O2. The zero-order chi connectivity index (χ0) is 18.8. The van der Waals surface area contributed by atoms with Crippen molar-refractivity contribution in [2.75, 3.05) is 5.01 Å². The molecule has 0 bridgehead atoms. The average Bonchev–Trinajstić information content (AvgIpc) is 3.44. The second-order valence-electron chi connectivity index (χ2n) is 7.04. The number of ketones is 1. The highest BCUT2D eigenvalue weighted by Crippen LogP contribution is 2.31. The fraction of sp³-hybridized carbons (Fsp3) is 0.333. The maximum atomic E-state index is 13.2. The van der Waals surface area contributed by atoms with E-state index in [9.17, 15) is 9.59 Å². The van der Waals surface area contributed by atoms with Crippen LogP contribution in [0.3, 0.4) is 0 Å². The van der Waals surface area contributed by atoms with E-state index in [1.165, 1.54) is 0 Å². The molecule has 1 amide bonds. The number of rotatable bonds is 6. The third kappa shape index (κ3) is 3.74. The van der Waals surface area contributed by atoms with Crippen LogP contribution in [0.4, 0.5) is 5.69 Å². The van der Waals surface area contributed by atoms with E-state index in [1.807, 2.05) is 53.4 Å². The Hall–Kier alpha value is -3.02. The SMILES string of the molecule is CC(=O)C1CC(C(=O)N(Cc2ccccn2)C2CC2)=NN1c1ccccc1. The minimum absolute atomic E-state index is 0.00750. The van der Waals surface area contributed by atoms with Crippen molar-refractivity contribution in [3.05, 3.63) is 60.4 Å². The van der Waals surface area contributed by atoms with E-state index in [-0.39, 0.29) is 17.7 Å². The third-order valence-electron chi connectivity index (χ3n) is 4.95. The van der Waals surface area contributed by atoms with Crippen molar-refractivity contribution in [3.8, 4) is 0 Å². The molecule has 1 atom stereocenters. The Labute approximate surface area is 158 Å². The summed E-state index contributed by atoms with van der Waals surface area (Å²) in [6.07, 6.45) is 4.09. The van der Waals surface area contributed by atoms with Gasteiger partial charge in [0.2, 0.25) is 0 Å². The Bertz CT molecular complexity index is 862. The number of benzene rings is 1. The second-order valence-corrected chi connectivity index (χ2v) is 7.04. The summed E-state index contributed by atoms with van der Waals surface area (Å²) in [6.45, 7) is 2.02. The third-order valence-corrected chi connectivity index (χ3v) is 4.95. The van der Waals surface area contributed by atoms with Crippen LogP contribution in [0.5, 0.6) is 0 Å². The lowest BCUT2D eigenvalue weighted by atomic mass is 10.1. The number of Topliss-reactive ketones (excluding diaryl/α,β-unsaturated/α-hetero) is 1. The molecule has 1 aromatic heterocycles. The van der Waals surface area contributed by atoms with Crippen LogP contribution in [-0.2, 0) is 16.1 Å². The Morgan fingerprint density at radius 3 is 2.48 bits per heavy atom. The quantitative estimate of drug-likeness (QED) is 0.793. The van der Waals surface area contributed by atoms with Gasteiger partial charge in [-0.05, 0) is 44.0 Å². The number of amides is 1. The molecule has 4 rings (SSSR count). The van der Waals surface area contributed by atoms with Gasteiger partial charge in [0.25, 0.3) is 5.91 Å². The summed E-state index contributed by atoms with van der Waals surface area (Å²) >= 11 is 0. The number of para-hydroxylation sites is 1. The van der Waals surface area contributed by atoms with Gasteiger partial charge in [0.1, 0.15) is 11.8 Å². The normalized spacial score (nSPS) is 18.9. The van der Waals surface area contributed by atoms with Crippen molar-refractivity contribution in [1.29, 1.82) is 0 Å². The van der Waals surface area contributed by atoms with Crippen LogP contribution in [0, 0.1) is 0 Å². The average molecular weight is 362 g/mol. The van der Waals surface area contributed by atoms with Crippen LogP contribution in [0.2, 0.25) is 0 Å². The lowest BCUT2D eigenvalue weighted by Gasteiger charge is -2.21. The molecule has 6 nitrogen and oxygen atoms in total. The van der Waals surface area contributed by atoms with E-state index in [0.29, 0.717) is 18.7 Å².